The van der Waals surface area contributed by atoms with E-state index in [9.17, 15) is 0 Å². The summed E-state index contributed by atoms with van der Waals surface area (Å²) in [4.78, 5) is 2.35. The maximum absolute atomic E-state index is 6.77. The summed E-state index contributed by atoms with van der Waals surface area (Å²) in [6.45, 7) is 0. The molecule has 0 saturated carbocycles. The second-order valence-electron chi connectivity index (χ2n) is 12.5. The van der Waals surface area contributed by atoms with Crippen LogP contribution in [0.5, 0.6) is 0 Å². The first-order chi connectivity index (χ1) is 24.3. The normalized spacial score (nSPS) is 11.7. The fourth-order valence-corrected chi connectivity index (χ4v) is 7.39. The van der Waals surface area contributed by atoms with E-state index >= 15 is 0 Å². The quantitative estimate of drug-likeness (QED) is 0.190. The van der Waals surface area contributed by atoms with Gasteiger partial charge in [-0.3, -0.25) is 0 Å². The number of hydrogen-bond acceptors (Lipinski definition) is 3. The van der Waals surface area contributed by atoms with Crippen molar-refractivity contribution in [3.05, 3.63) is 176 Å². The van der Waals surface area contributed by atoms with Gasteiger partial charge in [0.2, 0.25) is 0 Å². The maximum atomic E-state index is 6.77. The molecule has 0 atom stereocenters. The molecule has 0 aliphatic heterocycles. The molecule has 2 aromatic heterocycles. The van der Waals surface area contributed by atoms with Crippen molar-refractivity contribution in [2.45, 2.75) is 0 Å². The molecule has 0 aliphatic rings. The topological polar surface area (TPSA) is 29.5 Å². The highest BCUT2D eigenvalue weighted by Gasteiger charge is 2.22. The molecule has 49 heavy (non-hydrogen) atoms. The van der Waals surface area contributed by atoms with Crippen molar-refractivity contribution in [1.29, 1.82) is 0 Å². The lowest BCUT2D eigenvalue weighted by Gasteiger charge is -2.26. The largest absolute Gasteiger partial charge is 0.456 e. The molecule has 230 valence electrons. The van der Waals surface area contributed by atoms with Crippen molar-refractivity contribution in [3.63, 3.8) is 0 Å². The molecular formula is C46H29NO2. The van der Waals surface area contributed by atoms with E-state index in [2.05, 4.69) is 169 Å². The van der Waals surface area contributed by atoms with Crippen molar-refractivity contribution in [2.75, 3.05) is 4.90 Å². The van der Waals surface area contributed by atoms with E-state index in [1.165, 1.54) is 27.6 Å². The van der Waals surface area contributed by atoms with Gasteiger partial charge in [0.1, 0.15) is 22.3 Å². The molecule has 10 rings (SSSR count). The van der Waals surface area contributed by atoms with Crippen molar-refractivity contribution in [2.24, 2.45) is 0 Å². The lowest BCUT2D eigenvalue weighted by molar-refractivity contribution is 0.669. The lowest BCUT2D eigenvalue weighted by atomic mass is 9.95. The molecule has 3 nitrogen and oxygen atoms in total. The van der Waals surface area contributed by atoms with Crippen LogP contribution < -0.4 is 4.90 Å². The summed E-state index contributed by atoms with van der Waals surface area (Å²) in [6.07, 6.45) is 0. The summed E-state index contributed by atoms with van der Waals surface area (Å²) < 4.78 is 13.0. The molecule has 0 aliphatic carbocycles. The zero-order valence-corrected chi connectivity index (χ0v) is 26.5. The molecule has 10 aromatic rings. The van der Waals surface area contributed by atoms with E-state index in [1.807, 2.05) is 12.1 Å². The molecular weight excluding hydrogens is 599 g/mol. The third-order valence-electron chi connectivity index (χ3n) is 9.66. The Morgan fingerprint density at radius 1 is 0.347 bits per heavy atom. The number of fused-ring (bicyclic) bond motifs is 8. The summed E-state index contributed by atoms with van der Waals surface area (Å²) >= 11 is 0. The van der Waals surface area contributed by atoms with Gasteiger partial charge in [-0.25, -0.2) is 0 Å². The molecule has 0 bridgehead atoms. The predicted octanol–water partition coefficient (Wildman–Crippen LogP) is 13.4. The first-order valence-electron chi connectivity index (χ1n) is 16.6. The van der Waals surface area contributed by atoms with Crippen molar-refractivity contribution < 1.29 is 8.83 Å². The monoisotopic (exact) mass is 627 g/mol. The van der Waals surface area contributed by atoms with Gasteiger partial charge in [-0.15, -0.1) is 0 Å². The minimum Gasteiger partial charge on any atom is -0.456 e. The number of rotatable bonds is 5. The third-order valence-corrected chi connectivity index (χ3v) is 9.66. The van der Waals surface area contributed by atoms with Gasteiger partial charge in [0.15, 0.2) is 0 Å². The number of benzene rings is 8. The zero-order valence-electron chi connectivity index (χ0n) is 26.5. The standard InChI is InChI=1S/C46H29NO2/c1-3-12-30(13-4-1)31-22-24-33(25-23-31)47(34-26-27-43-39(28-34)36-17-9-10-20-42(36)48-43)41-19-11-21-44-45(41)40-29-38(32-14-5-2-6-15-32)35-16-7-8-18-37(35)46(40)49-44/h1-29H. The zero-order chi connectivity index (χ0) is 32.3. The Balaban J connectivity index is 1.26. The summed E-state index contributed by atoms with van der Waals surface area (Å²) in [5.41, 5.74) is 11.4. The molecule has 0 fully saturated rings. The maximum Gasteiger partial charge on any atom is 0.143 e. The van der Waals surface area contributed by atoms with Crippen molar-refractivity contribution >= 4 is 71.7 Å². The van der Waals surface area contributed by atoms with E-state index in [0.717, 1.165) is 66.3 Å². The molecule has 8 aromatic carbocycles. The summed E-state index contributed by atoms with van der Waals surface area (Å²) in [5.74, 6) is 0. The van der Waals surface area contributed by atoms with Crippen LogP contribution >= 0.6 is 0 Å². The van der Waals surface area contributed by atoms with Crippen LogP contribution in [-0.2, 0) is 0 Å². The van der Waals surface area contributed by atoms with Crippen molar-refractivity contribution in [3.8, 4) is 22.3 Å². The Labute approximate surface area is 282 Å². The van der Waals surface area contributed by atoms with E-state index in [0.29, 0.717) is 0 Å². The minimum atomic E-state index is 0.851. The molecule has 0 saturated heterocycles. The summed E-state index contributed by atoms with van der Waals surface area (Å²) in [5, 5.41) is 6.62. The molecule has 2 heterocycles. The Morgan fingerprint density at radius 2 is 0.959 bits per heavy atom. The first-order valence-corrected chi connectivity index (χ1v) is 16.6. The number of hydrogen-bond donors (Lipinski definition) is 0. The third kappa shape index (κ3) is 4.44. The highest BCUT2D eigenvalue weighted by molar-refractivity contribution is 6.22. The Hall–Kier alpha value is -6.58. The minimum absolute atomic E-state index is 0.851. The second kappa shape index (κ2) is 11.0. The van der Waals surface area contributed by atoms with E-state index in [1.54, 1.807) is 0 Å². The van der Waals surface area contributed by atoms with Gasteiger partial charge in [-0.2, -0.15) is 0 Å². The number of nitrogens with zero attached hydrogens (tertiary/aromatic N) is 1. The molecule has 0 N–H and O–H groups in total. The molecule has 0 unspecified atom stereocenters. The van der Waals surface area contributed by atoms with Crippen LogP contribution in [0.1, 0.15) is 0 Å². The van der Waals surface area contributed by atoms with Gasteiger partial charge >= 0.3 is 0 Å². The first kappa shape index (κ1) is 27.5. The fraction of sp³-hybridized carbons (Fsp3) is 0. The van der Waals surface area contributed by atoms with E-state index in [-0.39, 0.29) is 0 Å². The smallest absolute Gasteiger partial charge is 0.143 e. The lowest BCUT2D eigenvalue weighted by Crippen LogP contribution is -2.10. The Kier molecular flexibility index (Phi) is 6.18. The van der Waals surface area contributed by atoms with Crippen LogP contribution in [0.4, 0.5) is 17.1 Å². The van der Waals surface area contributed by atoms with Crippen LogP contribution in [0.15, 0.2) is 185 Å². The molecule has 0 amide bonds. The van der Waals surface area contributed by atoms with Crippen LogP contribution in [0.3, 0.4) is 0 Å². The molecule has 0 spiro atoms. The van der Waals surface area contributed by atoms with E-state index < -0.39 is 0 Å². The summed E-state index contributed by atoms with van der Waals surface area (Å²) in [6, 6.07) is 62.0. The van der Waals surface area contributed by atoms with Gasteiger partial charge in [-0.05, 0) is 82.2 Å². The second-order valence-corrected chi connectivity index (χ2v) is 12.5. The average Bonchev–Trinajstić information content (AvgIpc) is 3.74. The van der Waals surface area contributed by atoms with Crippen LogP contribution in [0, 0.1) is 0 Å². The number of furan rings is 2. The highest BCUT2D eigenvalue weighted by Crippen LogP contribution is 2.47. The van der Waals surface area contributed by atoms with Crippen LogP contribution in [-0.4, -0.2) is 0 Å². The Bertz CT molecular complexity index is 2810. The number of anilines is 3. The fourth-order valence-electron chi connectivity index (χ4n) is 7.39. The van der Waals surface area contributed by atoms with Gasteiger partial charge in [0.05, 0.1) is 11.1 Å². The highest BCUT2D eigenvalue weighted by atomic mass is 16.3. The van der Waals surface area contributed by atoms with Crippen LogP contribution in [0.2, 0.25) is 0 Å². The van der Waals surface area contributed by atoms with Gasteiger partial charge < -0.3 is 13.7 Å². The van der Waals surface area contributed by atoms with Gasteiger partial charge in [-0.1, -0.05) is 121 Å². The summed E-state index contributed by atoms with van der Waals surface area (Å²) in [7, 11) is 0. The SMILES string of the molecule is c1ccc(-c2ccc(N(c3ccc4oc5ccccc5c4c3)c3cccc4oc5c6ccccc6c(-c6ccccc6)cc5c34)cc2)cc1. The average molecular weight is 628 g/mol. The van der Waals surface area contributed by atoms with Crippen LogP contribution in [0.25, 0.3) is 76.9 Å². The number of para-hydroxylation sites is 1. The Morgan fingerprint density at radius 3 is 1.76 bits per heavy atom. The van der Waals surface area contributed by atoms with Gasteiger partial charge in [0.25, 0.3) is 0 Å². The molecule has 3 heteroatoms. The predicted molar refractivity (Wildman–Crippen MR) is 204 cm³/mol. The van der Waals surface area contributed by atoms with Gasteiger partial charge in [0, 0.05) is 32.9 Å². The van der Waals surface area contributed by atoms with E-state index in [4.69, 9.17) is 8.83 Å². The van der Waals surface area contributed by atoms with Crippen molar-refractivity contribution in [1.82, 2.24) is 0 Å². The molecule has 0 radical (unpaired) electrons.